The maximum absolute atomic E-state index is 5.55. The number of nitrogens with one attached hydrogen (secondary N) is 2. The second-order valence-corrected chi connectivity index (χ2v) is 7.34. The summed E-state index contributed by atoms with van der Waals surface area (Å²) in [7, 11) is 1.68. The second kappa shape index (κ2) is 8.86. The Bertz CT molecular complexity index is 690. The Hall–Kier alpha value is -2.07. The summed E-state index contributed by atoms with van der Waals surface area (Å²) < 4.78 is 5.25. The van der Waals surface area contributed by atoms with Gasteiger partial charge in [0.05, 0.1) is 13.2 Å². The summed E-state index contributed by atoms with van der Waals surface area (Å²) in [4.78, 5) is 0. The summed E-state index contributed by atoms with van der Waals surface area (Å²) in [6.07, 6.45) is 1.00. The first-order valence-electron chi connectivity index (χ1n) is 8.67. The van der Waals surface area contributed by atoms with Gasteiger partial charge in [-0.15, -0.1) is 0 Å². The normalized spacial score (nSPS) is 11.9. The van der Waals surface area contributed by atoms with Crippen LogP contribution in [0, 0.1) is 19.8 Å². The monoisotopic (exact) mass is 356 g/mol. The molecule has 0 heterocycles. The van der Waals surface area contributed by atoms with Crippen LogP contribution in [-0.4, -0.2) is 12.2 Å². The summed E-state index contributed by atoms with van der Waals surface area (Å²) >= 11 is 5.55. The molecule has 0 spiro atoms. The molecule has 4 heteroatoms. The van der Waals surface area contributed by atoms with Gasteiger partial charge in [-0.3, -0.25) is 0 Å². The van der Waals surface area contributed by atoms with E-state index in [9.17, 15) is 0 Å². The Labute approximate surface area is 156 Å². The van der Waals surface area contributed by atoms with Crippen molar-refractivity contribution in [3.05, 3.63) is 59.2 Å². The van der Waals surface area contributed by atoms with E-state index in [2.05, 4.69) is 68.7 Å². The van der Waals surface area contributed by atoms with Gasteiger partial charge in [0.15, 0.2) is 5.11 Å². The largest absolute Gasteiger partial charge is 0.497 e. The smallest absolute Gasteiger partial charge is 0.171 e. The minimum Gasteiger partial charge on any atom is -0.497 e. The average Bonchev–Trinajstić information content (AvgIpc) is 2.53. The molecule has 0 fully saturated rings. The van der Waals surface area contributed by atoms with Gasteiger partial charge < -0.3 is 15.4 Å². The number of rotatable bonds is 6. The highest BCUT2D eigenvalue weighted by molar-refractivity contribution is 7.80. The van der Waals surface area contributed by atoms with Crippen LogP contribution in [0.1, 0.15) is 43.0 Å². The zero-order chi connectivity index (χ0) is 18.4. The first-order chi connectivity index (χ1) is 11.9. The molecule has 134 valence electrons. The van der Waals surface area contributed by atoms with Crippen LogP contribution in [0.25, 0.3) is 0 Å². The molecule has 0 amide bonds. The molecule has 1 atom stereocenters. The molecule has 0 saturated carbocycles. The standard InChI is InChI=1S/C21H28N2OS/c1-14(2)10-20(17-6-8-19(24-5)9-7-17)23-21(25)22-18-12-15(3)11-16(4)13-18/h6-9,11-14,20H,10H2,1-5H3,(H2,22,23,25)/t20-/m0/s1. The highest BCUT2D eigenvalue weighted by Gasteiger charge is 2.15. The third-order valence-corrected chi connectivity index (χ3v) is 4.23. The van der Waals surface area contributed by atoms with Gasteiger partial charge in [0.25, 0.3) is 0 Å². The van der Waals surface area contributed by atoms with Crippen molar-refractivity contribution in [2.75, 3.05) is 12.4 Å². The number of aryl methyl sites for hydroxylation is 2. The number of hydrogen-bond donors (Lipinski definition) is 2. The van der Waals surface area contributed by atoms with E-state index >= 15 is 0 Å². The van der Waals surface area contributed by atoms with Gasteiger partial charge >= 0.3 is 0 Å². The SMILES string of the molecule is COc1ccc([C@H](CC(C)C)NC(=S)Nc2cc(C)cc(C)c2)cc1. The predicted octanol–water partition coefficient (Wildman–Crippen LogP) is 5.39. The van der Waals surface area contributed by atoms with Crippen molar-refractivity contribution in [3.63, 3.8) is 0 Å². The fourth-order valence-corrected chi connectivity index (χ4v) is 3.22. The van der Waals surface area contributed by atoms with E-state index in [0.717, 1.165) is 17.9 Å². The van der Waals surface area contributed by atoms with Crippen LogP contribution in [0.15, 0.2) is 42.5 Å². The van der Waals surface area contributed by atoms with E-state index in [-0.39, 0.29) is 6.04 Å². The van der Waals surface area contributed by atoms with E-state index in [1.807, 2.05) is 12.1 Å². The third-order valence-electron chi connectivity index (χ3n) is 4.01. The van der Waals surface area contributed by atoms with Crippen molar-refractivity contribution in [2.24, 2.45) is 5.92 Å². The first kappa shape index (κ1) is 19.3. The lowest BCUT2D eigenvalue weighted by Gasteiger charge is -2.23. The zero-order valence-electron chi connectivity index (χ0n) is 15.7. The van der Waals surface area contributed by atoms with E-state index in [1.165, 1.54) is 16.7 Å². The molecular formula is C21H28N2OS. The van der Waals surface area contributed by atoms with E-state index in [0.29, 0.717) is 11.0 Å². The summed E-state index contributed by atoms with van der Waals surface area (Å²) in [6, 6.07) is 14.7. The van der Waals surface area contributed by atoms with Crippen LogP contribution in [0.3, 0.4) is 0 Å². The third kappa shape index (κ3) is 6.05. The Balaban J connectivity index is 2.10. The fraction of sp³-hybridized carbons (Fsp3) is 0.381. The molecule has 0 aliphatic carbocycles. The number of ether oxygens (including phenoxy) is 1. The lowest BCUT2D eigenvalue weighted by Crippen LogP contribution is -2.33. The zero-order valence-corrected chi connectivity index (χ0v) is 16.5. The molecular weight excluding hydrogens is 328 g/mol. The van der Waals surface area contributed by atoms with Crippen LogP contribution in [-0.2, 0) is 0 Å². The summed E-state index contributed by atoms with van der Waals surface area (Å²) in [5.74, 6) is 1.42. The molecule has 0 aliphatic heterocycles. The van der Waals surface area contributed by atoms with Gasteiger partial charge in [-0.05, 0) is 79.4 Å². The van der Waals surface area contributed by atoms with Crippen molar-refractivity contribution in [1.29, 1.82) is 0 Å². The van der Waals surface area contributed by atoms with Gasteiger partial charge in [0.1, 0.15) is 5.75 Å². The molecule has 3 nitrogen and oxygen atoms in total. The van der Waals surface area contributed by atoms with E-state index in [4.69, 9.17) is 17.0 Å². The maximum atomic E-state index is 5.55. The van der Waals surface area contributed by atoms with E-state index in [1.54, 1.807) is 7.11 Å². The Morgan fingerprint density at radius 2 is 1.64 bits per heavy atom. The molecule has 0 radical (unpaired) electrons. The molecule has 0 saturated heterocycles. The van der Waals surface area contributed by atoms with Gasteiger partial charge in [0.2, 0.25) is 0 Å². The molecule has 0 aliphatic rings. The van der Waals surface area contributed by atoms with Crippen molar-refractivity contribution >= 4 is 23.0 Å². The number of methoxy groups -OCH3 is 1. The lowest BCUT2D eigenvalue weighted by atomic mass is 9.97. The molecule has 0 bridgehead atoms. The lowest BCUT2D eigenvalue weighted by molar-refractivity contribution is 0.414. The van der Waals surface area contributed by atoms with Crippen LogP contribution in [0.2, 0.25) is 0 Å². The average molecular weight is 357 g/mol. The molecule has 0 unspecified atom stereocenters. The number of thiocarbonyl (C=S) groups is 1. The van der Waals surface area contributed by atoms with Crippen LogP contribution >= 0.6 is 12.2 Å². The maximum Gasteiger partial charge on any atom is 0.171 e. The quantitative estimate of drug-likeness (QED) is 0.680. The van der Waals surface area contributed by atoms with Gasteiger partial charge in [-0.2, -0.15) is 0 Å². The van der Waals surface area contributed by atoms with Crippen LogP contribution in [0.5, 0.6) is 5.75 Å². The van der Waals surface area contributed by atoms with Gasteiger partial charge in [0, 0.05) is 5.69 Å². The van der Waals surface area contributed by atoms with Crippen LogP contribution < -0.4 is 15.4 Å². The Kier molecular flexibility index (Phi) is 6.82. The second-order valence-electron chi connectivity index (χ2n) is 6.93. The minimum absolute atomic E-state index is 0.164. The Morgan fingerprint density at radius 1 is 1.04 bits per heavy atom. The highest BCUT2D eigenvalue weighted by Crippen LogP contribution is 2.24. The van der Waals surface area contributed by atoms with Crippen molar-refractivity contribution in [2.45, 2.75) is 40.2 Å². The van der Waals surface area contributed by atoms with Crippen molar-refractivity contribution in [3.8, 4) is 5.75 Å². The number of benzene rings is 2. The highest BCUT2D eigenvalue weighted by atomic mass is 32.1. The summed E-state index contributed by atoms with van der Waals surface area (Å²) in [5.41, 5.74) is 4.67. The topological polar surface area (TPSA) is 33.3 Å². The summed E-state index contributed by atoms with van der Waals surface area (Å²) in [6.45, 7) is 8.62. The fourth-order valence-electron chi connectivity index (χ4n) is 2.96. The van der Waals surface area contributed by atoms with Crippen LogP contribution in [0.4, 0.5) is 5.69 Å². The molecule has 0 aromatic heterocycles. The molecule has 25 heavy (non-hydrogen) atoms. The molecule has 2 aromatic rings. The number of anilines is 1. The molecule has 2 aromatic carbocycles. The van der Waals surface area contributed by atoms with Crippen molar-refractivity contribution < 1.29 is 4.74 Å². The van der Waals surface area contributed by atoms with Crippen molar-refractivity contribution in [1.82, 2.24) is 5.32 Å². The Morgan fingerprint density at radius 3 is 2.16 bits per heavy atom. The predicted molar refractivity (Wildman–Crippen MR) is 110 cm³/mol. The van der Waals surface area contributed by atoms with E-state index < -0.39 is 0 Å². The summed E-state index contributed by atoms with van der Waals surface area (Å²) in [5, 5.41) is 7.43. The first-order valence-corrected chi connectivity index (χ1v) is 9.08. The van der Waals surface area contributed by atoms with Gasteiger partial charge in [-0.1, -0.05) is 32.0 Å². The minimum atomic E-state index is 0.164. The number of hydrogen-bond acceptors (Lipinski definition) is 2. The molecule has 2 rings (SSSR count). The molecule has 2 N–H and O–H groups in total. The van der Waals surface area contributed by atoms with Gasteiger partial charge in [-0.25, -0.2) is 0 Å².